The maximum atomic E-state index is 5.26. The van der Waals surface area contributed by atoms with Crippen molar-refractivity contribution in [1.29, 1.82) is 0 Å². The van der Waals surface area contributed by atoms with E-state index < -0.39 is 0 Å². The largest absolute Gasteiger partial charge is 0.497 e. The number of hydrogen-bond acceptors (Lipinski definition) is 4. The molecule has 4 heteroatoms. The zero-order valence-electron chi connectivity index (χ0n) is 11.4. The average Bonchev–Trinajstić information content (AvgIpc) is 2.46. The Morgan fingerprint density at radius 2 is 2.16 bits per heavy atom. The number of rotatable bonds is 2. The molecule has 3 rings (SSSR count). The van der Waals surface area contributed by atoms with Crippen LogP contribution in [0.2, 0.25) is 0 Å². The van der Waals surface area contributed by atoms with Crippen molar-refractivity contribution in [3.8, 4) is 5.75 Å². The SMILES string of the molecule is COc1ccc2ccc(C3CN(C)CCN3)nc2c1. The van der Waals surface area contributed by atoms with Gasteiger partial charge in [0, 0.05) is 31.1 Å². The van der Waals surface area contributed by atoms with Crippen LogP contribution in [0.1, 0.15) is 11.7 Å². The van der Waals surface area contributed by atoms with Crippen molar-refractivity contribution >= 4 is 10.9 Å². The van der Waals surface area contributed by atoms with Crippen LogP contribution in [0.4, 0.5) is 0 Å². The number of fused-ring (bicyclic) bond motifs is 1. The van der Waals surface area contributed by atoms with Gasteiger partial charge in [0.15, 0.2) is 0 Å². The fourth-order valence-electron chi connectivity index (χ4n) is 2.53. The fraction of sp³-hybridized carbons (Fsp3) is 0.400. The normalized spacial score (nSPS) is 20.6. The predicted molar refractivity (Wildman–Crippen MR) is 76.5 cm³/mol. The third-order valence-corrected chi connectivity index (χ3v) is 3.66. The van der Waals surface area contributed by atoms with E-state index in [0.717, 1.165) is 42.0 Å². The van der Waals surface area contributed by atoms with E-state index in [4.69, 9.17) is 9.72 Å². The average molecular weight is 257 g/mol. The number of nitrogens with zero attached hydrogens (tertiary/aromatic N) is 2. The Labute approximate surface area is 113 Å². The summed E-state index contributed by atoms with van der Waals surface area (Å²) in [7, 11) is 3.83. The minimum absolute atomic E-state index is 0.314. The van der Waals surface area contributed by atoms with E-state index in [-0.39, 0.29) is 0 Å². The molecule has 1 aromatic carbocycles. The summed E-state index contributed by atoms with van der Waals surface area (Å²) in [6, 6.07) is 10.6. The fourth-order valence-corrected chi connectivity index (χ4v) is 2.53. The van der Waals surface area contributed by atoms with Crippen molar-refractivity contribution in [3.05, 3.63) is 36.0 Å². The summed E-state index contributed by atoms with van der Waals surface area (Å²) in [5.74, 6) is 0.853. The van der Waals surface area contributed by atoms with Gasteiger partial charge in [0.1, 0.15) is 5.75 Å². The molecule has 4 nitrogen and oxygen atoms in total. The summed E-state index contributed by atoms with van der Waals surface area (Å²) in [5, 5.41) is 4.67. The molecule has 0 radical (unpaired) electrons. The van der Waals surface area contributed by atoms with E-state index in [1.165, 1.54) is 0 Å². The van der Waals surface area contributed by atoms with Crippen molar-refractivity contribution in [1.82, 2.24) is 15.2 Å². The van der Waals surface area contributed by atoms with Gasteiger partial charge in [0.05, 0.1) is 24.4 Å². The third-order valence-electron chi connectivity index (χ3n) is 3.66. The molecule has 1 unspecified atom stereocenters. The molecule has 2 aromatic rings. The van der Waals surface area contributed by atoms with Crippen molar-refractivity contribution < 1.29 is 4.74 Å². The van der Waals surface area contributed by atoms with Gasteiger partial charge < -0.3 is 15.0 Å². The van der Waals surface area contributed by atoms with Crippen LogP contribution in [0.3, 0.4) is 0 Å². The molecule has 1 aliphatic rings. The Kier molecular flexibility index (Phi) is 3.36. The second kappa shape index (κ2) is 5.15. The van der Waals surface area contributed by atoms with E-state index >= 15 is 0 Å². The highest BCUT2D eigenvalue weighted by Crippen LogP contribution is 2.22. The maximum absolute atomic E-state index is 5.26. The van der Waals surface area contributed by atoms with E-state index in [9.17, 15) is 0 Å². The summed E-state index contributed by atoms with van der Waals surface area (Å²) < 4.78 is 5.26. The second-order valence-corrected chi connectivity index (χ2v) is 5.06. The lowest BCUT2D eigenvalue weighted by atomic mass is 10.1. The van der Waals surface area contributed by atoms with Gasteiger partial charge in [-0.3, -0.25) is 4.98 Å². The summed E-state index contributed by atoms with van der Waals surface area (Å²) in [5.41, 5.74) is 2.10. The first kappa shape index (κ1) is 12.4. The van der Waals surface area contributed by atoms with Crippen LogP contribution in [-0.4, -0.2) is 43.7 Å². The monoisotopic (exact) mass is 257 g/mol. The molecule has 1 fully saturated rings. The van der Waals surface area contributed by atoms with Crippen LogP contribution in [0, 0.1) is 0 Å². The molecule has 2 heterocycles. The van der Waals surface area contributed by atoms with Crippen LogP contribution >= 0.6 is 0 Å². The Balaban J connectivity index is 1.95. The van der Waals surface area contributed by atoms with Crippen LogP contribution < -0.4 is 10.1 Å². The van der Waals surface area contributed by atoms with Gasteiger partial charge in [-0.15, -0.1) is 0 Å². The minimum atomic E-state index is 0.314. The van der Waals surface area contributed by atoms with Crippen LogP contribution in [0.25, 0.3) is 10.9 Å². The van der Waals surface area contributed by atoms with Gasteiger partial charge >= 0.3 is 0 Å². The molecule has 1 saturated heterocycles. The molecule has 0 saturated carbocycles. The number of methoxy groups -OCH3 is 1. The highest BCUT2D eigenvalue weighted by Gasteiger charge is 2.19. The van der Waals surface area contributed by atoms with Crippen LogP contribution in [0.15, 0.2) is 30.3 Å². The first-order valence-corrected chi connectivity index (χ1v) is 6.63. The number of benzene rings is 1. The molecular formula is C15H19N3O. The van der Waals surface area contributed by atoms with Crippen molar-refractivity contribution in [2.45, 2.75) is 6.04 Å². The molecule has 0 spiro atoms. The number of nitrogens with one attached hydrogen (secondary N) is 1. The molecule has 100 valence electrons. The van der Waals surface area contributed by atoms with E-state index in [2.05, 4.69) is 29.4 Å². The Hall–Kier alpha value is -1.65. The molecule has 1 atom stereocenters. The number of likely N-dealkylation sites (N-methyl/N-ethyl adjacent to an activating group) is 1. The summed E-state index contributed by atoms with van der Waals surface area (Å²) in [6.07, 6.45) is 0. The highest BCUT2D eigenvalue weighted by atomic mass is 16.5. The smallest absolute Gasteiger partial charge is 0.121 e. The molecular weight excluding hydrogens is 238 g/mol. The zero-order chi connectivity index (χ0) is 13.2. The molecule has 0 amide bonds. The van der Waals surface area contributed by atoms with Crippen molar-refractivity contribution in [2.24, 2.45) is 0 Å². The molecule has 1 aromatic heterocycles. The molecule has 1 aliphatic heterocycles. The van der Waals surface area contributed by atoms with Gasteiger partial charge in [0.2, 0.25) is 0 Å². The first-order chi connectivity index (χ1) is 9.26. The topological polar surface area (TPSA) is 37.4 Å². The Morgan fingerprint density at radius 3 is 2.95 bits per heavy atom. The van der Waals surface area contributed by atoms with Gasteiger partial charge in [-0.25, -0.2) is 0 Å². The van der Waals surface area contributed by atoms with E-state index in [0.29, 0.717) is 6.04 Å². The maximum Gasteiger partial charge on any atom is 0.121 e. The third kappa shape index (κ3) is 2.55. The standard InChI is InChI=1S/C15H19N3O/c1-18-8-7-16-15(10-18)13-6-4-11-3-5-12(19-2)9-14(11)17-13/h3-6,9,15-16H,7-8,10H2,1-2H3. The van der Waals surface area contributed by atoms with Crippen molar-refractivity contribution in [2.75, 3.05) is 33.8 Å². The molecule has 0 aliphatic carbocycles. The van der Waals surface area contributed by atoms with E-state index in [1.807, 2.05) is 18.2 Å². The van der Waals surface area contributed by atoms with Gasteiger partial charge in [-0.05, 0) is 25.2 Å². The number of aromatic nitrogens is 1. The number of pyridine rings is 1. The van der Waals surface area contributed by atoms with Gasteiger partial charge in [0.25, 0.3) is 0 Å². The molecule has 19 heavy (non-hydrogen) atoms. The lowest BCUT2D eigenvalue weighted by Gasteiger charge is -2.30. The Bertz CT molecular complexity index is 585. The number of ether oxygens (including phenoxy) is 1. The lowest BCUT2D eigenvalue weighted by molar-refractivity contribution is 0.238. The second-order valence-electron chi connectivity index (χ2n) is 5.06. The quantitative estimate of drug-likeness (QED) is 0.890. The number of hydrogen-bond donors (Lipinski definition) is 1. The molecule has 1 N–H and O–H groups in total. The lowest BCUT2D eigenvalue weighted by Crippen LogP contribution is -2.43. The zero-order valence-corrected chi connectivity index (χ0v) is 11.4. The highest BCUT2D eigenvalue weighted by molar-refractivity contribution is 5.80. The first-order valence-electron chi connectivity index (χ1n) is 6.63. The van der Waals surface area contributed by atoms with Crippen molar-refractivity contribution in [3.63, 3.8) is 0 Å². The summed E-state index contributed by atoms with van der Waals surface area (Å²) in [6.45, 7) is 3.11. The molecule has 0 bridgehead atoms. The Morgan fingerprint density at radius 1 is 1.32 bits per heavy atom. The van der Waals surface area contributed by atoms with E-state index in [1.54, 1.807) is 7.11 Å². The van der Waals surface area contributed by atoms with Gasteiger partial charge in [-0.2, -0.15) is 0 Å². The van der Waals surface area contributed by atoms with Crippen LogP contribution in [-0.2, 0) is 0 Å². The predicted octanol–water partition coefficient (Wildman–Crippen LogP) is 1.82. The number of piperazine rings is 1. The van der Waals surface area contributed by atoms with Crippen LogP contribution in [0.5, 0.6) is 5.75 Å². The minimum Gasteiger partial charge on any atom is -0.497 e. The van der Waals surface area contributed by atoms with Gasteiger partial charge in [-0.1, -0.05) is 6.07 Å². The summed E-state index contributed by atoms with van der Waals surface area (Å²) >= 11 is 0. The summed E-state index contributed by atoms with van der Waals surface area (Å²) in [4.78, 5) is 7.10.